The van der Waals surface area contributed by atoms with Crippen molar-refractivity contribution in [3.05, 3.63) is 23.4 Å². The van der Waals surface area contributed by atoms with Gasteiger partial charge in [-0.2, -0.15) is 0 Å². The van der Waals surface area contributed by atoms with Crippen LogP contribution in [0.15, 0.2) is 12.1 Å². The van der Waals surface area contributed by atoms with Gasteiger partial charge in [-0.3, -0.25) is 0 Å². The molecule has 1 aromatic heterocycles. The zero-order valence-corrected chi connectivity index (χ0v) is 12.3. The molecule has 0 bridgehead atoms. The lowest BCUT2D eigenvalue weighted by atomic mass is 10.1. The molecule has 2 rings (SSSR count). The molecule has 1 aliphatic heterocycles. The zero-order valence-electron chi connectivity index (χ0n) is 12.3. The van der Waals surface area contributed by atoms with E-state index in [1.165, 1.54) is 30.5 Å². The van der Waals surface area contributed by atoms with Crippen LogP contribution in [0.1, 0.15) is 51.8 Å². The molecule has 0 aliphatic carbocycles. The summed E-state index contributed by atoms with van der Waals surface area (Å²) in [6.45, 7) is 9.20. The summed E-state index contributed by atoms with van der Waals surface area (Å²) in [7, 11) is 0. The topological polar surface area (TPSA) is 45.2 Å². The van der Waals surface area contributed by atoms with E-state index >= 15 is 0 Å². The van der Waals surface area contributed by atoms with Crippen molar-refractivity contribution in [2.24, 2.45) is 0 Å². The molecular formula is C15H28N2O. The lowest BCUT2D eigenvalue weighted by Crippen LogP contribution is -2.13. The van der Waals surface area contributed by atoms with Gasteiger partial charge in [-0.25, -0.2) is 4.98 Å². The van der Waals surface area contributed by atoms with Gasteiger partial charge in [0.25, 0.3) is 0 Å². The largest absolute Gasteiger partial charge is 0.397 e. The number of rotatable bonds is 2. The normalized spacial score (nSPS) is 12.1. The summed E-state index contributed by atoms with van der Waals surface area (Å²) in [6, 6.07) is 4.38. The highest BCUT2D eigenvalue weighted by Crippen LogP contribution is 2.19. The van der Waals surface area contributed by atoms with Crippen LogP contribution in [0.2, 0.25) is 0 Å². The number of anilines is 1. The van der Waals surface area contributed by atoms with Crippen LogP contribution >= 0.6 is 0 Å². The van der Waals surface area contributed by atoms with E-state index < -0.39 is 0 Å². The van der Waals surface area contributed by atoms with E-state index in [9.17, 15) is 0 Å². The summed E-state index contributed by atoms with van der Waals surface area (Å²) in [5, 5.41) is 10.9. The first-order chi connectivity index (χ1) is 8.81. The van der Waals surface area contributed by atoms with Gasteiger partial charge in [0.2, 0.25) is 0 Å². The molecule has 104 valence electrons. The number of aryl methyl sites for hydroxylation is 2. The standard InChI is InChI=1S/C11H16N2.C2H6O.C2H6/c1-2-4-10-7-6-9-5-3-8-12-11(9)13-10;1-2-3;1-2/h6-7H,2-5,8H2,1H3,(H,12,13);3H,2H2,1H3;1-2H3. The van der Waals surface area contributed by atoms with E-state index in [0.29, 0.717) is 0 Å². The quantitative estimate of drug-likeness (QED) is 0.847. The SMILES string of the molecule is CC.CCCc1ccc2c(n1)NCCC2.CCO. The summed E-state index contributed by atoms with van der Waals surface area (Å²) in [4.78, 5) is 4.59. The molecule has 0 aromatic carbocycles. The maximum absolute atomic E-state index is 7.57. The van der Waals surface area contributed by atoms with Crippen LogP contribution in [-0.2, 0) is 12.8 Å². The van der Waals surface area contributed by atoms with Gasteiger partial charge in [-0.15, -0.1) is 0 Å². The van der Waals surface area contributed by atoms with Gasteiger partial charge < -0.3 is 10.4 Å². The molecular weight excluding hydrogens is 224 g/mol. The molecule has 0 amide bonds. The number of nitrogens with zero attached hydrogens (tertiary/aromatic N) is 1. The number of hydrogen-bond donors (Lipinski definition) is 2. The van der Waals surface area contributed by atoms with Crippen LogP contribution in [0.5, 0.6) is 0 Å². The number of hydrogen-bond acceptors (Lipinski definition) is 3. The second-order valence-corrected chi connectivity index (χ2v) is 3.91. The van der Waals surface area contributed by atoms with Crippen LogP contribution in [0.3, 0.4) is 0 Å². The third kappa shape index (κ3) is 6.01. The fraction of sp³-hybridized carbons (Fsp3) is 0.667. The Bertz CT molecular complexity index is 313. The Kier molecular flexibility index (Phi) is 10.4. The van der Waals surface area contributed by atoms with Crippen LogP contribution < -0.4 is 5.32 Å². The number of fused-ring (bicyclic) bond motifs is 1. The molecule has 0 fully saturated rings. The average molecular weight is 252 g/mol. The number of aromatic nitrogens is 1. The third-order valence-electron chi connectivity index (χ3n) is 2.46. The van der Waals surface area contributed by atoms with Gasteiger partial charge in [0, 0.05) is 18.8 Å². The predicted octanol–water partition coefficient (Wildman–Crippen LogP) is 3.42. The molecule has 3 nitrogen and oxygen atoms in total. The maximum atomic E-state index is 7.57. The average Bonchev–Trinajstić information content (AvgIpc) is 2.42. The minimum absolute atomic E-state index is 0.250. The number of pyridine rings is 1. The molecule has 0 saturated carbocycles. The van der Waals surface area contributed by atoms with Crippen LogP contribution in [-0.4, -0.2) is 23.2 Å². The number of aliphatic hydroxyl groups excluding tert-OH is 1. The van der Waals surface area contributed by atoms with Crippen molar-refractivity contribution in [1.29, 1.82) is 0 Å². The lowest BCUT2D eigenvalue weighted by Gasteiger charge is -2.17. The number of aliphatic hydroxyl groups is 1. The Balaban J connectivity index is 0.000000509. The Morgan fingerprint density at radius 2 is 1.94 bits per heavy atom. The van der Waals surface area contributed by atoms with Gasteiger partial charge in [0.1, 0.15) is 5.82 Å². The molecule has 3 heteroatoms. The van der Waals surface area contributed by atoms with Crippen molar-refractivity contribution in [2.75, 3.05) is 18.5 Å². The molecule has 1 aliphatic rings. The molecule has 1 aromatic rings. The number of nitrogens with one attached hydrogen (secondary N) is 1. The summed E-state index contributed by atoms with van der Waals surface area (Å²) in [5.74, 6) is 1.12. The Labute approximate surface area is 112 Å². The second kappa shape index (κ2) is 11.0. The van der Waals surface area contributed by atoms with Gasteiger partial charge >= 0.3 is 0 Å². The summed E-state index contributed by atoms with van der Waals surface area (Å²) in [6.07, 6.45) is 4.68. The maximum Gasteiger partial charge on any atom is 0.129 e. The first-order valence-corrected chi connectivity index (χ1v) is 7.15. The first kappa shape index (κ1) is 16.9. The van der Waals surface area contributed by atoms with Crippen molar-refractivity contribution >= 4 is 5.82 Å². The highest BCUT2D eigenvalue weighted by molar-refractivity contribution is 5.46. The fourth-order valence-electron chi connectivity index (χ4n) is 1.76. The van der Waals surface area contributed by atoms with Crippen LogP contribution in [0.25, 0.3) is 0 Å². The van der Waals surface area contributed by atoms with E-state index in [1.807, 2.05) is 13.8 Å². The highest BCUT2D eigenvalue weighted by Gasteiger charge is 2.09. The molecule has 2 heterocycles. The van der Waals surface area contributed by atoms with Crippen molar-refractivity contribution in [3.8, 4) is 0 Å². The van der Waals surface area contributed by atoms with E-state index in [0.717, 1.165) is 18.8 Å². The van der Waals surface area contributed by atoms with Crippen molar-refractivity contribution in [1.82, 2.24) is 4.98 Å². The zero-order chi connectivity index (χ0) is 13.8. The van der Waals surface area contributed by atoms with E-state index in [1.54, 1.807) is 6.92 Å². The summed E-state index contributed by atoms with van der Waals surface area (Å²) >= 11 is 0. The van der Waals surface area contributed by atoms with E-state index in [4.69, 9.17) is 5.11 Å². The smallest absolute Gasteiger partial charge is 0.129 e. The van der Waals surface area contributed by atoms with E-state index in [2.05, 4.69) is 29.4 Å². The molecule has 0 spiro atoms. The monoisotopic (exact) mass is 252 g/mol. The first-order valence-electron chi connectivity index (χ1n) is 7.15. The Morgan fingerprint density at radius 1 is 1.28 bits per heavy atom. The van der Waals surface area contributed by atoms with Gasteiger partial charge in [-0.1, -0.05) is 33.3 Å². The summed E-state index contributed by atoms with van der Waals surface area (Å²) in [5.41, 5.74) is 2.60. The molecule has 0 atom stereocenters. The molecule has 18 heavy (non-hydrogen) atoms. The van der Waals surface area contributed by atoms with E-state index in [-0.39, 0.29) is 6.61 Å². The Morgan fingerprint density at radius 3 is 2.56 bits per heavy atom. The molecule has 0 saturated heterocycles. The molecule has 2 N–H and O–H groups in total. The molecule has 0 unspecified atom stereocenters. The lowest BCUT2D eigenvalue weighted by molar-refractivity contribution is 0.318. The minimum Gasteiger partial charge on any atom is -0.397 e. The van der Waals surface area contributed by atoms with Gasteiger partial charge in [0.05, 0.1) is 0 Å². The fourth-order valence-corrected chi connectivity index (χ4v) is 1.76. The van der Waals surface area contributed by atoms with Gasteiger partial charge in [0.15, 0.2) is 0 Å². The Hall–Kier alpha value is -1.09. The van der Waals surface area contributed by atoms with Crippen molar-refractivity contribution in [2.45, 2.75) is 53.4 Å². The van der Waals surface area contributed by atoms with Crippen LogP contribution in [0, 0.1) is 0 Å². The van der Waals surface area contributed by atoms with Crippen molar-refractivity contribution < 1.29 is 5.11 Å². The van der Waals surface area contributed by atoms with Crippen molar-refractivity contribution in [3.63, 3.8) is 0 Å². The second-order valence-electron chi connectivity index (χ2n) is 3.91. The highest BCUT2D eigenvalue weighted by atomic mass is 16.2. The predicted molar refractivity (Wildman–Crippen MR) is 79.2 cm³/mol. The summed E-state index contributed by atoms with van der Waals surface area (Å²) < 4.78 is 0. The van der Waals surface area contributed by atoms with Crippen LogP contribution in [0.4, 0.5) is 5.82 Å². The van der Waals surface area contributed by atoms with Gasteiger partial charge in [-0.05, 0) is 37.8 Å². The minimum atomic E-state index is 0.250. The third-order valence-corrected chi connectivity index (χ3v) is 2.46. The molecule has 0 radical (unpaired) electrons.